The van der Waals surface area contributed by atoms with Crippen LogP contribution in [-0.2, 0) is 9.53 Å². The summed E-state index contributed by atoms with van der Waals surface area (Å²) in [7, 11) is 1.71. The summed E-state index contributed by atoms with van der Waals surface area (Å²) in [5, 5.41) is 12.4. The molecule has 5 heteroatoms. The van der Waals surface area contributed by atoms with Crippen LogP contribution < -0.4 is 5.32 Å². The molecule has 1 fully saturated rings. The SMILES string of the molecule is COCCN(CCC(NC(C)C)C(=O)O)C(C)C1CC1. The number of aliphatic carboxylic acids is 1. The number of rotatable bonds is 11. The van der Waals surface area contributed by atoms with Gasteiger partial charge in [-0.15, -0.1) is 0 Å². The summed E-state index contributed by atoms with van der Waals surface area (Å²) in [6, 6.07) is 0.245. The Morgan fingerprint density at radius 1 is 1.35 bits per heavy atom. The van der Waals surface area contributed by atoms with Crippen molar-refractivity contribution < 1.29 is 14.6 Å². The van der Waals surface area contributed by atoms with Gasteiger partial charge in [-0.25, -0.2) is 0 Å². The molecule has 0 aromatic carbocycles. The van der Waals surface area contributed by atoms with E-state index >= 15 is 0 Å². The first-order valence-corrected chi connectivity index (χ1v) is 7.67. The molecule has 0 saturated heterocycles. The lowest BCUT2D eigenvalue weighted by Gasteiger charge is -2.30. The van der Waals surface area contributed by atoms with E-state index in [0.717, 1.165) is 19.0 Å². The van der Waals surface area contributed by atoms with Gasteiger partial charge in [0, 0.05) is 32.3 Å². The van der Waals surface area contributed by atoms with Crippen LogP contribution in [-0.4, -0.2) is 60.9 Å². The van der Waals surface area contributed by atoms with Gasteiger partial charge >= 0.3 is 5.97 Å². The lowest BCUT2D eigenvalue weighted by atomic mass is 10.1. The molecule has 5 nitrogen and oxygen atoms in total. The second kappa shape index (κ2) is 8.60. The third-order valence-electron chi connectivity index (χ3n) is 4.00. The number of nitrogens with zero attached hydrogens (tertiary/aromatic N) is 1. The van der Waals surface area contributed by atoms with Crippen molar-refractivity contribution in [1.29, 1.82) is 0 Å². The molecule has 0 spiro atoms. The Hall–Kier alpha value is -0.650. The Kier molecular flexibility index (Phi) is 7.48. The summed E-state index contributed by atoms with van der Waals surface area (Å²) < 4.78 is 5.17. The van der Waals surface area contributed by atoms with Crippen molar-refractivity contribution in [2.75, 3.05) is 26.8 Å². The molecular formula is C15H30N2O3. The number of carbonyl (C=O) groups is 1. The van der Waals surface area contributed by atoms with Crippen molar-refractivity contribution in [1.82, 2.24) is 10.2 Å². The fourth-order valence-electron chi connectivity index (χ4n) is 2.58. The number of carboxylic acid groups (broad SMARTS) is 1. The van der Waals surface area contributed by atoms with Gasteiger partial charge in [0.05, 0.1) is 6.61 Å². The van der Waals surface area contributed by atoms with E-state index in [0.29, 0.717) is 19.1 Å². The van der Waals surface area contributed by atoms with E-state index in [-0.39, 0.29) is 6.04 Å². The maximum atomic E-state index is 11.3. The van der Waals surface area contributed by atoms with E-state index in [4.69, 9.17) is 4.74 Å². The highest BCUT2D eigenvalue weighted by Gasteiger charge is 2.32. The molecule has 0 aromatic rings. The molecule has 1 rings (SSSR count). The molecule has 0 aliphatic heterocycles. The zero-order valence-corrected chi connectivity index (χ0v) is 13.3. The number of ether oxygens (including phenoxy) is 1. The van der Waals surface area contributed by atoms with E-state index in [1.165, 1.54) is 12.8 Å². The third-order valence-corrected chi connectivity index (χ3v) is 4.00. The maximum Gasteiger partial charge on any atom is 0.320 e. The Labute approximate surface area is 122 Å². The predicted molar refractivity (Wildman–Crippen MR) is 79.9 cm³/mol. The van der Waals surface area contributed by atoms with Crippen molar-refractivity contribution >= 4 is 5.97 Å². The van der Waals surface area contributed by atoms with Gasteiger partial charge in [-0.05, 0) is 32.1 Å². The molecule has 0 heterocycles. The van der Waals surface area contributed by atoms with Gasteiger partial charge in [-0.2, -0.15) is 0 Å². The summed E-state index contributed by atoms with van der Waals surface area (Å²) in [5.74, 6) is 0.0256. The Morgan fingerprint density at radius 2 is 2.00 bits per heavy atom. The zero-order valence-electron chi connectivity index (χ0n) is 13.3. The average Bonchev–Trinajstić information content (AvgIpc) is 3.20. The minimum absolute atomic E-state index is 0.185. The van der Waals surface area contributed by atoms with Crippen LogP contribution in [0.1, 0.15) is 40.0 Å². The number of carboxylic acids is 1. The number of hydrogen-bond acceptors (Lipinski definition) is 4. The van der Waals surface area contributed by atoms with E-state index < -0.39 is 12.0 Å². The van der Waals surface area contributed by atoms with Crippen molar-refractivity contribution in [2.24, 2.45) is 5.92 Å². The van der Waals surface area contributed by atoms with E-state index in [9.17, 15) is 9.90 Å². The monoisotopic (exact) mass is 286 g/mol. The van der Waals surface area contributed by atoms with Crippen molar-refractivity contribution in [2.45, 2.75) is 58.2 Å². The lowest BCUT2D eigenvalue weighted by molar-refractivity contribution is -0.140. The van der Waals surface area contributed by atoms with Crippen LogP contribution in [0.3, 0.4) is 0 Å². The summed E-state index contributed by atoms with van der Waals surface area (Å²) >= 11 is 0. The van der Waals surface area contributed by atoms with Crippen molar-refractivity contribution in [3.05, 3.63) is 0 Å². The fourth-order valence-corrected chi connectivity index (χ4v) is 2.58. The van der Waals surface area contributed by atoms with Crippen LogP contribution in [0.4, 0.5) is 0 Å². The topological polar surface area (TPSA) is 61.8 Å². The van der Waals surface area contributed by atoms with Gasteiger partial charge in [0.2, 0.25) is 0 Å². The fraction of sp³-hybridized carbons (Fsp3) is 0.933. The van der Waals surface area contributed by atoms with Gasteiger partial charge in [0.25, 0.3) is 0 Å². The van der Waals surface area contributed by atoms with E-state index in [1.54, 1.807) is 7.11 Å². The molecular weight excluding hydrogens is 256 g/mol. The van der Waals surface area contributed by atoms with Crippen LogP contribution in [0.15, 0.2) is 0 Å². The number of methoxy groups -OCH3 is 1. The number of nitrogens with one attached hydrogen (secondary N) is 1. The quantitative estimate of drug-likeness (QED) is 0.604. The largest absolute Gasteiger partial charge is 0.480 e. The highest BCUT2D eigenvalue weighted by Crippen LogP contribution is 2.35. The molecule has 118 valence electrons. The molecule has 1 aliphatic rings. The third kappa shape index (κ3) is 6.20. The first-order valence-electron chi connectivity index (χ1n) is 7.67. The van der Waals surface area contributed by atoms with Gasteiger partial charge in [0.1, 0.15) is 6.04 Å². The smallest absolute Gasteiger partial charge is 0.320 e. The van der Waals surface area contributed by atoms with Gasteiger partial charge in [-0.3, -0.25) is 9.69 Å². The summed E-state index contributed by atoms with van der Waals surface area (Å²) in [6.45, 7) is 8.59. The first kappa shape index (κ1) is 17.4. The van der Waals surface area contributed by atoms with Crippen molar-refractivity contribution in [3.8, 4) is 0 Å². The maximum absolute atomic E-state index is 11.3. The Bertz CT molecular complexity index is 293. The van der Waals surface area contributed by atoms with Crippen LogP contribution in [0.25, 0.3) is 0 Å². The molecule has 1 saturated carbocycles. The molecule has 0 bridgehead atoms. The summed E-state index contributed by atoms with van der Waals surface area (Å²) in [5.41, 5.74) is 0. The minimum atomic E-state index is -0.760. The van der Waals surface area contributed by atoms with Crippen LogP contribution in [0, 0.1) is 5.92 Å². The highest BCUT2D eigenvalue weighted by atomic mass is 16.5. The highest BCUT2D eigenvalue weighted by molar-refractivity contribution is 5.73. The minimum Gasteiger partial charge on any atom is -0.480 e. The Balaban J connectivity index is 2.47. The van der Waals surface area contributed by atoms with Gasteiger partial charge in [-0.1, -0.05) is 13.8 Å². The zero-order chi connectivity index (χ0) is 15.1. The standard InChI is InChI=1S/C15H30N2O3/c1-11(2)16-14(15(18)19)7-8-17(9-10-20-4)12(3)13-5-6-13/h11-14,16H,5-10H2,1-4H3,(H,18,19). The molecule has 2 atom stereocenters. The van der Waals surface area contributed by atoms with Gasteiger partial charge < -0.3 is 15.2 Å². The van der Waals surface area contributed by atoms with E-state index in [2.05, 4.69) is 17.1 Å². The second-order valence-electron chi connectivity index (χ2n) is 6.11. The van der Waals surface area contributed by atoms with Crippen molar-refractivity contribution in [3.63, 3.8) is 0 Å². The van der Waals surface area contributed by atoms with Crippen LogP contribution in [0.2, 0.25) is 0 Å². The predicted octanol–water partition coefficient (Wildman–Crippen LogP) is 1.57. The lowest BCUT2D eigenvalue weighted by Crippen LogP contribution is -2.45. The average molecular weight is 286 g/mol. The molecule has 2 N–H and O–H groups in total. The molecule has 0 amide bonds. The number of hydrogen-bond donors (Lipinski definition) is 2. The summed E-state index contributed by atoms with van der Waals surface area (Å²) in [6.07, 6.45) is 3.24. The molecule has 1 aliphatic carbocycles. The van der Waals surface area contributed by atoms with E-state index in [1.807, 2.05) is 13.8 Å². The second-order valence-corrected chi connectivity index (χ2v) is 6.11. The van der Waals surface area contributed by atoms with Crippen LogP contribution >= 0.6 is 0 Å². The summed E-state index contributed by atoms with van der Waals surface area (Å²) in [4.78, 5) is 13.6. The molecule has 20 heavy (non-hydrogen) atoms. The molecule has 0 radical (unpaired) electrons. The molecule has 0 aromatic heterocycles. The first-order chi connectivity index (χ1) is 9.45. The van der Waals surface area contributed by atoms with Crippen LogP contribution in [0.5, 0.6) is 0 Å². The normalized spacial score (nSPS) is 18.5. The van der Waals surface area contributed by atoms with Gasteiger partial charge in [0.15, 0.2) is 0 Å². The molecule has 2 unspecified atom stereocenters. The Morgan fingerprint density at radius 3 is 2.45 bits per heavy atom.